The van der Waals surface area contributed by atoms with Crippen LogP contribution in [-0.2, 0) is 13.7 Å². The molecule has 3 aromatic rings. The number of hydrogen-bond acceptors (Lipinski definition) is 6. The zero-order valence-electron chi connectivity index (χ0n) is 15.1. The Morgan fingerprint density at radius 2 is 1.96 bits per heavy atom. The van der Waals surface area contributed by atoms with Gasteiger partial charge in [-0.05, 0) is 38.1 Å². The van der Waals surface area contributed by atoms with Gasteiger partial charge < -0.3 is 14.5 Å². The Hall–Kier alpha value is -3.62. The van der Waals surface area contributed by atoms with E-state index in [-0.39, 0.29) is 24.0 Å². The molecule has 3 rings (SSSR count). The van der Waals surface area contributed by atoms with Crippen molar-refractivity contribution in [3.63, 3.8) is 0 Å². The maximum absolute atomic E-state index is 12.4. The molecule has 0 bridgehead atoms. The Morgan fingerprint density at radius 3 is 2.56 bits per heavy atom. The Bertz CT molecular complexity index is 988. The monoisotopic (exact) mass is 370 g/mol. The molecule has 0 unspecified atom stereocenters. The number of carbonyl (C=O) groups is 1. The van der Waals surface area contributed by atoms with E-state index >= 15 is 0 Å². The van der Waals surface area contributed by atoms with Crippen LogP contribution in [0.1, 0.15) is 27.7 Å². The first-order valence-corrected chi connectivity index (χ1v) is 8.12. The number of furan rings is 1. The number of nitro groups is 1. The minimum Gasteiger partial charge on any atom is -0.486 e. The number of nitrogens with zero attached hydrogens (tertiary/aromatic N) is 3. The van der Waals surface area contributed by atoms with Gasteiger partial charge in [0.25, 0.3) is 11.6 Å². The maximum atomic E-state index is 12.4. The largest absolute Gasteiger partial charge is 0.486 e. The fourth-order valence-corrected chi connectivity index (χ4v) is 2.53. The summed E-state index contributed by atoms with van der Waals surface area (Å²) in [6.07, 6.45) is 0. The molecule has 9 nitrogen and oxygen atoms in total. The second-order valence-corrected chi connectivity index (χ2v) is 5.93. The van der Waals surface area contributed by atoms with E-state index in [0.717, 1.165) is 11.4 Å². The van der Waals surface area contributed by atoms with Crippen molar-refractivity contribution < 1.29 is 18.9 Å². The topological polar surface area (TPSA) is 112 Å². The van der Waals surface area contributed by atoms with Crippen molar-refractivity contribution in [3.8, 4) is 5.75 Å². The molecule has 0 aliphatic rings. The molecule has 2 aromatic heterocycles. The summed E-state index contributed by atoms with van der Waals surface area (Å²) in [7, 11) is 1.80. The lowest BCUT2D eigenvalue weighted by atomic mass is 10.3. The van der Waals surface area contributed by atoms with Gasteiger partial charge in [0, 0.05) is 19.2 Å². The fraction of sp³-hybridized carbons (Fsp3) is 0.222. The highest BCUT2D eigenvalue weighted by molar-refractivity contribution is 6.02. The lowest BCUT2D eigenvalue weighted by Gasteiger charge is -2.05. The van der Waals surface area contributed by atoms with E-state index < -0.39 is 4.92 Å². The van der Waals surface area contributed by atoms with Crippen molar-refractivity contribution in [2.75, 3.05) is 5.32 Å². The molecule has 0 atom stereocenters. The third-order valence-electron chi connectivity index (χ3n) is 4.06. The molecule has 0 aliphatic carbocycles. The third-order valence-corrected chi connectivity index (χ3v) is 4.06. The number of aryl methyl sites for hydroxylation is 2. The number of nitro benzene ring substituents is 1. The van der Waals surface area contributed by atoms with Gasteiger partial charge >= 0.3 is 0 Å². The van der Waals surface area contributed by atoms with E-state index in [9.17, 15) is 14.9 Å². The molecule has 140 valence electrons. The molecule has 0 radical (unpaired) electrons. The lowest BCUT2D eigenvalue weighted by molar-refractivity contribution is -0.384. The van der Waals surface area contributed by atoms with Crippen LogP contribution in [0.2, 0.25) is 0 Å². The predicted octanol–water partition coefficient (Wildman–Crippen LogP) is 3.37. The number of carbonyl (C=O) groups excluding carboxylic acids is 1. The summed E-state index contributed by atoms with van der Waals surface area (Å²) in [6, 6.07) is 8.92. The van der Waals surface area contributed by atoms with Crippen LogP contribution in [0.4, 0.5) is 11.4 Å². The molecule has 0 fully saturated rings. The minimum absolute atomic E-state index is 0.0136. The lowest BCUT2D eigenvalue weighted by Crippen LogP contribution is -2.12. The van der Waals surface area contributed by atoms with Crippen LogP contribution in [0.3, 0.4) is 0 Å². The van der Waals surface area contributed by atoms with Crippen molar-refractivity contribution >= 4 is 17.3 Å². The summed E-state index contributed by atoms with van der Waals surface area (Å²) in [5, 5.41) is 17.7. The number of anilines is 1. The van der Waals surface area contributed by atoms with Gasteiger partial charge in [-0.25, -0.2) is 0 Å². The molecule has 27 heavy (non-hydrogen) atoms. The normalized spacial score (nSPS) is 10.6. The van der Waals surface area contributed by atoms with Crippen LogP contribution < -0.4 is 10.1 Å². The molecular weight excluding hydrogens is 352 g/mol. The summed E-state index contributed by atoms with van der Waals surface area (Å²) in [5.41, 5.74) is 2.20. The van der Waals surface area contributed by atoms with Gasteiger partial charge in [0.1, 0.15) is 18.1 Å². The number of benzene rings is 1. The smallest absolute Gasteiger partial charge is 0.291 e. The van der Waals surface area contributed by atoms with Crippen LogP contribution in [0.25, 0.3) is 0 Å². The first-order chi connectivity index (χ1) is 12.8. The Kier molecular flexibility index (Phi) is 4.93. The molecule has 0 aliphatic heterocycles. The van der Waals surface area contributed by atoms with Gasteiger partial charge in [0.05, 0.1) is 22.0 Å². The second-order valence-electron chi connectivity index (χ2n) is 5.93. The highest BCUT2D eigenvalue weighted by Gasteiger charge is 2.17. The van der Waals surface area contributed by atoms with Crippen molar-refractivity contribution in [2.24, 2.45) is 7.05 Å². The third kappa shape index (κ3) is 3.97. The van der Waals surface area contributed by atoms with Crippen LogP contribution in [0.15, 0.2) is 40.8 Å². The van der Waals surface area contributed by atoms with Crippen LogP contribution >= 0.6 is 0 Å². The first kappa shape index (κ1) is 18.2. The van der Waals surface area contributed by atoms with E-state index in [0.29, 0.717) is 17.2 Å². The Balaban J connectivity index is 1.62. The standard InChI is InChI=1S/C18H18N4O5/c1-11-17(12(2)21(3)20-11)19-18(23)16-9-8-15(27-16)10-26-14-6-4-13(5-7-14)22(24)25/h4-9H,10H2,1-3H3,(H,19,23). The van der Waals surface area contributed by atoms with Crippen molar-refractivity contribution in [2.45, 2.75) is 20.5 Å². The zero-order chi connectivity index (χ0) is 19.6. The average Bonchev–Trinajstić information content (AvgIpc) is 3.21. The summed E-state index contributed by atoms with van der Waals surface area (Å²) in [4.78, 5) is 22.5. The number of non-ortho nitro benzene ring substituents is 1. The summed E-state index contributed by atoms with van der Waals surface area (Å²) in [5.74, 6) is 0.693. The van der Waals surface area contributed by atoms with E-state index in [4.69, 9.17) is 9.15 Å². The van der Waals surface area contributed by atoms with Crippen LogP contribution in [0, 0.1) is 24.0 Å². The minimum atomic E-state index is -0.479. The van der Waals surface area contributed by atoms with Gasteiger partial charge in [0.2, 0.25) is 0 Å². The highest BCUT2D eigenvalue weighted by atomic mass is 16.6. The molecule has 1 N–H and O–H groups in total. The molecule has 9 heteroatoms. The highest BCUT2D eigenvalue weighted by Crippen LogP contribution is 2.21. The van der Waals surface area contributed by atoms with Gasteiger partial charge in [-0.3, -0.25) is 19.6 Å². The average molecular weight is 370 g/mol. The molecule has 1 aromatic carbocycles. The maximum Gasteiger partial charge on any atom is 0.291 e. The van der Waals surface area contributed by atoms with Gasteiger partial charge in [-0.1, -0.05) is 0 Å². The molecule has 0 saturated heterocycles. The number of hydrogen-bond donors (Lipinski definition) is 1. The van der Waals surface area contributed by atoms with Gasteiger partial charge in [-0.2, -0.15) is 5.10 Å². The number of nitrogens with one attached hydrogen (secondary N) is 1. The molecular formula is C18H18N4O5. The number of aromatic nitrogens is 2. The predicted molar refractivity (Wildman–Crippen MR) is 96.8 cm³/mol. The Labute approximate surface area is 154 Å². The molecule has 0 saturated carbocycles. The fourth-order valence-electron chi connectivity index (χ4n) is 2.53. The van der Waals surface area contributed by atoms with Gasteiger partial charge in [0.15, 0.2) is 5.76 Å². The molecule has 1 amide bonds. The molecule has 0 spiro atoms. The van der Waals surface area contributed by atoms with Crippen molar-refractivity contribution in [3.05, 3.63) is 69.4 Å². The van der Waals surface area contributed by atoms with Crippen molar-refractivity contribution in [1.82, 2.24) is 9.78 Å². The summed E-state index contributed by atoms with van der Waals surface area (Å²) >= 11 is 0. The zero-order valence-corrected chi connectivity index (χ0v) is 15.1. The van der Waals surface area contributed by atoms with E-state index in [1.807, 2.05) is 13.8 Å². The first-order valence-electron chi connectivity index (χ1n) is 8.12. The number of ether oxygens (including phenoxy) is 1. The number of amides is 1. The summed E-state index contributed by atoms with van der Waals surface area (Å²) in [6.45, 7) is 3.77. The van der Waals surface area contributed by atoms with E-state index in [1.165, 1.54) is 24.3 Å². The van der Waals surface area contributed by atoms with Gasteiger partial charge in [-0.15, -0.1) is 0 Å². The molecule has 2 heterocycles. The quantitative estimate of drug-likeness (QED) is 0.526. The van der Waals surface area contributed by atoms with Crippen LogP contribution in [0.5, 0.6) is 5.75 Å². The van der Waals surface area contributed by atoms with E-state index in [1.54, 1.807) is 23.9 Å². The summed E-state index contributed by atoms with van der Waals surface area (Å²) < 4.78 is 12.7. The van der Waals surface area contributed by atoms with E-state index in [2.05, 4.69) is 10.4 Å². The second kappa shape index (κ2) is 7.32. The number of rotatable bonds is 6. The Morgan fingerprint density at radius 1 is 1.26 bits per heavy atom. The van der Waals surface area contributed by atoms with Crippen molar-refractivity contribution in [1.29, 1.82) is 0 Å². The van der Waals surface area contributed by atoms with Crippen LogP contribution in [-0.4, -0.2) is 20.6 Å². The SMILES string of the molecule is Cc1nn(C)c(C)c1NC(=O)c1ccc(COc2ccc([N+](=O)[O-])cc2)o1.